The highest BCUT2D eigenvalue weighted by molar-refractivity contribution is 6.18. The summed E-state index contributed by atoms with van der Waals surface area (Å²) in [6.07, 6.45) is -0.807. The molecular formula is C8H9ClO3. The molecule has 0 fully saturated rings. The standard InChI is InChI=1S/C8H9ClO3/c9-4-8(12)5-1-2-6(10)7(11)3-5/h1-3,8,10-12H,4H2. The average molecular weight is 189 g/mol. The van der Waals surface area contributed by atoms with Crippen molar-refractivity contribution in [1.29, 1.82) is 0 Å². The van der Waals surface area contributed by atoms with E-state index in [0.717, 1.165) is 0 Å². The molecule has 1 aromatic carbocycles. The van der Waals surface area contributed by atoms with Gasteiger partial charge in [-0.15, -0.1) is 11.6 Å². The monoisotopic (exact) mass is 188 g/mol. The molecule has 0 heterocycles. The number of benzene rings is 1. The molecule has 0 saturated carbocycles. The number of hydrogen-bond acceptors (Lipinski definition) is 3. The number of aromatic hydroxyl groups is 2. The Morgan fingerprint density at radius 2 is 1.92 bits per heavy atom. The number of halogens is 1. The summed E-state index contributed by atoms with van der Waals surface area (Å²) in [6.45, 7) is 0. The fourth-order valence-corrected chi connectivity index (χ4v) is 1.01. The molecule has 0 aliphatic rings. The molecule has 1 unspecified atom stereocenters. The summed E-state index contributed by atoms with van der Waals surface area (Å²) < 4.78 is 0. The molecule has 0 aliphatic heterocycles. The van der Waals surface area contributed by atoms with E-state index in [1.54, 1.807) is 0 Å². The zero-order valence-corrected chi connectivity index (χ0v) is 6.99. The number of aliphatic hydroxyl groups is 1. The zero-order valence-electron chi connectivity index (χ0n) is 6.24. The molecular weight excluding hydrogens is 180 g/mol. The van der Waals surface area contributed by atoms with E-state index in [-0.39, 0.29) is 17.4 Å². The number of rotatable bonds is 2. The third-order valence-corrected chi connectivity index (χ3v) is 1.82. The highest BCUT2D eigenvalue weighted by Crippen LogP contribution is 2.27. The number of phenolic OH excluding ortho intramolecular Hbond substituents is 2. The second-order valence-electron chi connectivity index (χ2n) is 2.42. The Morgan fingerprint density at radius 3 is 2.42 bits per heavy atom. The van der Waals surface area contributed by atoms with Crippen molar-refractivity contribution in [3.8, 4) is 11.5 Å². The van der Waals surface area contributed by atoms with E-state index in [1.807, 2.05) is 0 Å². The molecule has 1 atom stereocenters. The van der Waals surface area contributed by atoms with E-state index in [2.05, 4.69) is 0 Å². The zero-order chi connectivity index (χ0) is 9.14. The highest BCUT2D eigenvalue weighted by Gasteiger charge is 2.07. The van der Waals surface area contributed by atoms with Gasteiger partial charge < -0.3 is 15.3 Å². The van der Waals surface area contributed by atoms with Crippen molar-refractivity contribution in [2.75, 3.05) is 5.88 Å². The van der Waals surface area contributed by atoms with Crippen molar-refractivity contribution in [3.63, 3.8) is 0 Å². The molecule has 0 amide bonds. The van der Waals surface area contributed by atoms with Crippen LogP contribution in [0, 0.1) is 0 Å². The van der Waals surface area contributed by atoms with E-state index >= 15 is 0 Å². The van der Waals surface area contributed by atoms with Gasteiger partial charge in [-0.3, -0.25) is 0 Å². The van der Waals surface area contributed by atoms with Gasteiger partial charge in [0.2, 0.25) is 0 Å². The molecule has 12 heavy (non-hydrogen) atoms. The van der Waals surface area contributed by atoms with Gasteiger partial charge in [0.1, 0.15) is 0 Å². The van der Waals surface area contributed by atoms with Crippen molar-refractivity contribution in [3.05, 3.63) is 23.8 Å². The lowest BCUT2D eigenvalue weighted by atomic mass is 10.1. The van der Waals surface area contributed by atoms with E-state index < -0.39 is 6.10 Å². The van der Waals surface area contributed by atoms with Crippen LogP contribution in [0.25, 0.3) is 0 Å². The smallest absolute Gasteiger partial charge is 0.157 e. The number of phenols is 2. The maximum Gasteiger partial charge on any atom is 0.157 e. The van der Waals surface area contributed by atoms with E-state index in [1.165, 1.54) is 18.2 Å². The summed E-state index contributed by atoms with van der Waals surface area (Å²) in [5, 5.41) is 27.2. The van der Waals surface area contributed by atoms with Crippen LogP contribution in [0.5, 0.6) is 11.5 Å². The van der Waals surface area contributed by atoms with Crippen LogP contribution in [0.3, 0.4) is 0 Å². The van der Waals surface area contributed by atoms with E-state index in [9.17, 15) is 5.11 Å². The molecule has 0 aliphatic carbocycles. The molecule has 66 valence electrons. The molecule has 0 bridgehead atoms. The molecule has 4 heteroatoms. The predicted octanol–water partition coefficient (Wildman–Crippen LogP) is 1.37. The molecule has 3 nitrogen and oxygen atoms in total. The highest BCUT2D eigenvalue weighted by atomic mass is 35.5. The van der Waals surface area contributed by atoms with Crippen LogP contribution in [-0.2, 0) is 0 Å². The Morgan fingerprint density at radius 1 is 1.25 bits per heavy atom. The fraction of sp³-hybridized carbons (Fsp3) is 0.250. The molecule has 1 rings (SSSR count). The normalized spacial score (nSPS) is 12.8. The van der Waals surface area contributed by atoms with Crippen molar-refractivity contribution >= 4 is 11.6 Å². The first kappa shape index (κ1) is 9.16. The minimum atomic E-state index is -0.807. The summed E-state index contributed by atoms with van der Waals surface area (Å²) in [7, 11) is 0. The summed E-state index contributed by atoms with van der Waals surface area (Å²) in [4.78, 5) is 0. The van der Waals surface area contributed by atoms with Crippen molar-refractivity contribution in [1.82, 2.24) is 0 Å². The molecule has 0 spiro atoms. The lowest BCUT2D eigenvalue weighted by Gasteiger charge is -2.07. The topological polar surface area (TPSA) is 60.7 Å². The van der Waals surface area contributed by atoms with Crippen LogP contribution >= 0.6 is 11.6 Å². The first-order valence-corrected chi connectivity index (χ1v) is 3.94. The lowest BCUT2D eigenvalue weighted by Crippen LogP contribution is -1.97. The third-order valence-electron chi connectivity index (χ3n) is 1.53. The first-order chi connectivity index (χ1) is 5.65. The van der Waals surface area contributed by atoms with Gasteiger partial charge in [0.05, 0.1) is 12.0 Å². The second kappa shape index (κ2) is 3.65. The summed E-state index contributed by atoms with van der Waals surface area (Å²) in [6, 6.07) is 4.09. The van der Waals surface area contributed by atoms with E-state index in [0.29, 0.717) is 5.56 Å². The van der Waals surface area contributed by atoms with Gasteiger partial charge in [-0.25, -0.2) is 0 Å². The van der Waals surface area contributed by atoms with Gasteiger partial charge >= 0.3 is 0 Å². The molecule has 0 radical (unpaired) electrons. The van der Waals surface area contributed by atoms with Gasteiger partial charge in [0, 0.05) is 0 Å². The maximum absolute atomic E-state index is 9.22. The van der Waals surface area contributed by atoms with Gasteiger partial charge in [0.25, 0.3) is 0 Å². The molecule has 0 saturated heterocycles. The maximum atomic E-state index is 9.22. The fourth-order valence-electron chi connectivity index (χ4n) is 0.837. The predicted molar refractivity (Wildman–Crippen MR) is 45.5 cm³/mol. The van der Waals surface area contributed by atoms with Crippen molar-refractivity contribution < 1.29 is 15.3 Å². The van der Waals surface area contributed by atoms with Crippen LogP contribution in [0.1, 0.15) is 11.7 Å². The summed E-state index contributed by atoms with van der Waals surface area (Å²) in [5.74, 6) is -0.401. The lowest BCUT2D eigenvalue weighted by molar-refractivity contribution is 0.202. The van der Waals surface area contributed by atoms with Gasteiger partial charge in [-0.1, -0.05) is 6.07 Å². The number of alkyl halides is 1. The molecule has 1 aromatic rings. The van der Waals surface area contributed by atoms with Crippen LogP contribution in [-0.4, -0.2) is 21.2 Å². The Hall–Kier alpha value is -0.930. The van der Waals surface area contributed by atoms with Gasteiger partial charge in [-0.2, -0.15) is 0 Å². The third kappa shape index (κ3) is 1.81. The minimum Gasteiger partial charge on any atom is -0.504 e. The number of aliphatic hydroxyl groups excluding tert-OH is 1. The van der Waals surface area contributed by atoms with Crippen molar-refractivity contribution in [2.45, 2.75) is 6.10 Å². The van der Waals surface area contributed by atoms with Gasteiger partial charge in [0.15, 0.2) is 11.5 Å². The van der Waals surface area contributed by atoms with Crippen LogP contribution < -0.4 is 0 Å². The average Bonchev–Trinajstić information content (AvgIpc) is 2.08. The Balaban J connectivity index is 2.96. The van der Waals surface area contributed by atoms with Crippen LogP contribution in [0.4, 0.5) is 0 Å². The Bertz CT molecular complexity index is 275. The Labute approximate surface area is 74.8 Å². The SMILES string of the molecule is Oc1ccc(C(O)CCl)cc1O. The van der Waals surface area contributed by atoms with Crippen molar-refractivity contribution in [2.24, 2.45) is 0 Å². The van der Waals surface area contributed by atoms with E-state index in [4.69, 9.17) is 21.8 Å². The molecule has 3 N–H and O–H groups in total. The molecule has 0 aromatic heterocycles. The summed E-state index contributed by atoms with van der Waals surface area (Å²) >= 11 is 5.38. The van der Waals surface area contributed by atoms with Crippen LogP contribution in [0.2, 0.25) is 0 Å². The second-order valence-corrected chi connectivity index (χ2v) is 2.73. The van der Waals surface area contributed by atoms with Gasteiger partial charge in [-0.05, 0) is 17.7 Å². The van der Waals surface area contributed by atoms with Crippen LogP contribution in [0.15, 0.2) is 18.2 Å². The quantitative estimate of drug-likeness (QED) is 0.485. The minimum absolute atomic E-state index is 0.0597. The number of hydrogen-bond donors (Lipinski definition) is 3. The largest absolute Gasteiger partial charge is 0.504 e. The first-order valence-electron chi connectivity index (χ1n) is 3.41. The Kier molecular flexibility index (Phi) is 2.78. The summed E-state index contributed by atoms with van der Waals surface area (Å²) in [5.41, 5.74) is 0.486.